The van der Waals surface area contributed by atoms with E-state index in [0.717, 1.165) is 25.1 Å². The van der Waals surface area contributed by atoms with E-state index in [0.29, 0.717) is 12.6 Å². The van der Waals surface area contributed by atoms with Gasteiger partial charge in [-0.3, -0.25) is 4.98 Å². The molecule has 4 heteroatoms. The third-order valence-electron chi connectivity index (χ3n) is 2.17. The Hall–Kier alpha value is -1.00. The second-order valence-corrected chi connectivity index (χ2v) is 4.15. The summed E-state index contributed by atoms with van der Waals surface area (Å²) in [5, 5.41) is 6.60. The average molecular weight is 225 g/mol. The standard InChI is InChI=1S/C12H20FN3/c1-10(2)16-5-3-4-14-7-11-6-12(13)9-15-8-11/h6,8-10,14,16H,3-5,7H2,1-2H3. The monoisotopic (exact) mass is 225 g/mol. The van der Waals surface area contributed by atoms with Crippen LogP contribution in [0.1, 0.15) is 25.8 Å². The van der Waals surface area contributed by atoms with Crippen molar-refractivity contribution in [2.75, 3.05) is 13.1 Å². The molecule has 1 aromatic rings. The third kappa shape index (κ3) is 5.78. The molecule has 2 N–H and O–H groups in total. The summed E-state index contributed by atoms with van der Waals surface area (Å²) >= 11 is 0. The average Bonchev–Trinajstić information content (AvgIpc) is 2.23. The maximum atomic E-state index is 12.8. The molecule has 0 unspecified atom stereocenters. The predicted octanol–water partition coefficient (Wildman–Crippen LogP) is 1.70. The quantitative estimate of drug-likeness (QED) is 0.693. The second-order valence-electron chi connectivity index (χ2n) is 4.15. The van der Waals surface area contributed by atoms with Crippen molar-refractivity contribution in [3.63, 3.8) is 0 Å². The number of rotatable bonds is 7. The Morgan fingerprint density at radius 2 is 2.12 bits per heavy atom. The van der Waals surface area contributed by atoms with Crippen LogP contribution >= 0.6 is 0 Å². The molecule has 0 aliphatic rings. The van der Waals surface area contributed by atoms with Gasteiger partial charge in [0, 0.05) is 18.8 Å². The van der Waals surface area contributed by atoms with E-state index in [9.17, 15) is 4.39 Å². The number of nitrogens with zero attached hydrogens (tertiary/aromatic N) is 1. The lowest BCUT2D eigenvalue weighted by Crippen LogP contribution is -2.26. The van der Waals surface area contributed by atoms with Crippen molar-refractivity contribution >= 4 is 0 Å². The van der Waals surface area contributed by atoms with Gasteiger partial charge in [-0.25, -0.2) is 4.39 Å². The van der Waals surface area contributed by atoms with Crippen LogP contribution in [0.4, 0.5) is 4.39 Å². The molecule has 1 rings (SSSR count). The van der Waals surface area contributed by atoms with E-state index < -0.39 is 0 Å². The minimum atomic E-state index is -0.277. The van der Waals surface area contributed by atoms with E-state index in [1.807, 2.05) is 0 Å². The zero-order valence-corrected chi connectivity index (χ0v) is 9.96. The second kappa shape index (κ2) is 7.30. The highest BCUT2D eigenvalue weighted by Crippen LogP contribution is 1.99. The van der Waals surface area contributed by atoms with Gasteiger partial charge in [0.25, 0.3) is 0 Å². The SMILES string of the molecule is CC(C)NCCCNCc1cncc(F)c1. The molecule has 1 aromatic heterocycles. The number of nitrogens with one attached hydrogen (secondary N) is 2. The normalized spacial score (nSPS) is 11.0. The van der Waals surface area contributed by atoms with Crippen LogP contribution in [-0.4, -0.2) is 24.1 Å². The molecule has 0 atom stereocenters. The Balaban J connectivity index is 2.07. The summed E-state index contributed by atoms with van der Waals surface area (Å²) in [5.41, 5.74) is 0.886. The lowest BCUT2D eigenvalue weighted by molar-refractivity contribution is 0.546. The first-order valence-corrected chi connectivity index (χ1v) is 5.72. The molecule has 16 heavy (non-hydrogen) atoms. The molecule has 0 fully saturated rings. The first-order chi connectivity index (χ1) is 7.68. The predicted molar refractivity (Wildman–Crippen MR) is 63.7 cm³/mol. The summed E-state index contributed by atoms with van der Waals surface area (Å²) in [7, 11) is 0. The van der Waals surface area contributed by atoms with Crippen LogP contribution in [0.25, 0.3) is 0 Å². The van der Waals surface area contributed by atoms with Crippen LogP contribution in [0, 0.1) is 5.82 Å². The van der Waals surface area contributed by atoms with Gasteiger partial charge in [0.15, 0.2) is 0 Å². The fourth-order valence-electron chi connectivity index (χ4n) is 1.39. The molecule has 0 aliphatic carbocycles. The van der Waals surface area contributed by atoms with E-state index in [2.05, 4.69) is 29.5 Å². The van der Waals surface area contributed by atoms with Gasteiger partial charge in [0.2, 0.25) is 0 Å². The minimum Gasteiger partial charge on any atom is -0.314 e. The summed E-state index contributed by atoms with van der Waals surface area (Å²) in [4.78, 5) is 3.80. The van der Waals surface area contributed by atoms with Gasteiger partial charge in [-0.1, -0.05) is 13.8 Å². The Kier molecular flexibility index (Phi) is 5.96. The maximum Gasteiger partial charge on any atom is 0.141 e. The number of halogens is 1. The van der Waals surface area contributed by atoms with Gasteiger partial charge in [-0.15, -0.1) is 0 Å². The van der Waals surface area contributed by atoms with Crippen LogP contribution in [0.2, 0.25) is 0 Å². The van der Waals surface area contributed by atoms with Crippen LogP contribution in [0.3, 0.4) is 0 Å². The van der Waals surface area contributed by atoms with Crippen molar-refractivity contribution < 1.29 is 4.39 Å². The lowest BCUT2D eigenvalue weighted by atomic mass is 10.3. The lowest BCUT2D eigenvalue weighted by Gasteiger charge is -2.08. The molecule has 0 radical (unpaired) electrons. The largest absolute Gasteiger partial charge is 0.314 e. The van der Waals surface area contributed by atoms with Crippen molar-refractivity contribution in [3.05, 3.63) is 29.8 Å². The van der Waals surface area contributed by atoms with Crippen molar-refractivity contribution in [1.82, 2.24) is 15.6 Å². The summed E-state index contributed by atoms with van der Waals surface area (Å²) < 4.78 is 12.8. The highest BCUT2D eigenvalue weighted by atomic mass is 19.1. The molecule has 1 heterocycles. The van der Waals surface area contributed by atoms with E-state index in [-0.39, 0.29) is 5.82 Å². The molecule has 0 amide bonds. The summed E-state index contributed by atoms with van der Waals surface area (Å²) in [6.45, 7) is 6.87. The minimum absolute atomic E-state index is 0.277. The summed E-state index contributed by atoms with van der Waals surface area (Å²) in [5.74, 6) is -0.277. The van der Waals surface area contributed by atoms with Gasteiger partial charge in [0.05, 0.1) is 6.20 Å². The van der Waals surface area contributed by atoms with Gasteiger partial charge in [-0.05, 0) is 31.1 Å². The Bertz CT molecular complexity index is 302. The fourth-order valence-corrected chi connectivity index (χ4v) is 1.39. The highest BCUT2D eigenvalue weighted by molar-refractivity contribution is 5.09. The fraction of sp³-hybridized carbons (Fsp3) is 0.583. The summed E-state index contributed by atoms with van der Waals surface area (Å²) in [6, 6.07) is 2.04. The first kappa shape index (κ1) is 13.1. The molecular weight excluding hydrogens is 205 g/mol. The number of hydrogen-bond acceptors (Lipinski definition) is 3. The zero-order valence-electron chi connectivity index (χ0n) is 9.96. The molecule has 0 saturated heterocycles. The van der Waals surface area contributed by atoms with Crippen molar-refractivity contribution in [2.45, 2.75) is 32.9 Å². The van der Waals surface area contributed by atoms with Crippen LogP contribution in [0.15, 0.2) is 18.5 Å². The van der Waals surface area contributed by atoms with Crippen molar-refractivity contribution in [1.29, 1.82) is 0 Å². The third-order valence-corrected chi connectivity index (χ3v) is 2.17. The maximum absolute atomic E-state index is 12.8. The van der Waals surface area contributed by atoms with Crippen LogP contribution in [0.5, 0.6) is 0 Å². The van der Waals surface area contributed by atoms with Crippen LogP contribution in [-0.2, 0) is 6.54 Å². The highest BCUT2D eigenvalue weighted by Gasteiger charge is 1.96. The molecule has 0 bridgehead atoms. The molecular formula is C12H20FN3. The van der Waals surface area contributed by atoms with Gasteiger partial charge in [-0.2, -0.15) is 0 Å². The van der Waals surface area contributed by atoms with Gasteiger partial charge in [0.1, 0.15) is 5.82 Å². The summed E-state index contributed by atoms with van der Waals surface area (Å²) in [6.07, 6.45) is 3.97. The number of aromatic nitrogens is 1. The van der Waals surface area contributed by atoms with Crippen molar-refractivity contribution in [3.8, 4) is 0 Å². The van der Waals surface area contributed by atoms with E-state index in [1.54, 1.807) is 6.20 Å². The number of pyridine rings is 1. The Morgan fingerprint density at radius 3 is 2.81 bits per heavy atom. The van der Waals surface area contributed by atoms with E-state index >= 15 is 0 Å². The molecule has 0 aliphatic heterocycles. The molecule has 3 nitrogen and oxygen atoms in total. The van der Waals surface area contributed by atoms with Gasteiger partial charge < -0.3 is 10.6 Å². The van der Waals surface area contributed by atoms with Gasteiger partial charge >= 0.3 is 0 Å². The molecule has 0 aromatic carbocycles. The Labute approximate surface area is 96.5 Å². The van der Waals surface area contributed by atoms with E-state index in [1.165, 1.54) is 12.3 Å². The smallest absolute Gasteiger partial charge is 0.141 e. The zero-order chi connectivity index (χ0) is 11.8. The van der Waals surface area contributed by atoms with Crippen LogP contribution < -0.4 is 10.6 Å². The Morgan fingerprint density at radius 1 is 1.31 bits per heavy atom. The molecule has 90 valence electrons. The van der Waals surface area contributed by atoms with Crippen molar-refractivity contribution in [2.24, 2.45) is 0 Å². The molecule has 0 spiro atoms. The molecule has 0 saturated carbocycles. The topological polar surface area (TPSA) is 37.0 Å². The number of hydrogen-bond donors (Lipinski definition) is 2. The van der Waals surface area contributed by atoms with E-state index in [4.69, 9.17) is 0 Å². The first-order valence-electron chi connectivity index (χ1n) is 5.72.